The van der Waals surface area contributed by atoms with Crippen LogP contribution in [0.4, 0.5) is 4.79 Å². The van der Waals surface area contributed by atoms with E-state index < -0.39 is 6.09 Å². The number of aromatic nitrogens is 1. The van der Waals surface area contributed by atoms with Crippen LogP contribution in [0.5, 0.6) is 0 Å². The van der Waals surface area contributed by atoms with Crippen molar-refractivity contribution in [2.75, 3.05) is 0 Å². The maximum atomic E-state index is 11.8. The molecular formula is C26H31N3O2S. The number of carboxylic acid groups (broad SMARTS) is 1. The Labute approximate surface area is 194 Å². The van der Waals surface area contributed by atoms with Crippen molar-refractivity contribution in [2.24, 2.45) is 5.92 Å². The van der Waals surface area contributed by atoms with Crippen molar-refractivity contribution in [1.29, 1.82) is 0 Å². The van der Waals surface area contributed by atoms with Crippen molar-refractivity contribution in [3.05, 3.63) is 76.8 Å². The zero-order chi connectivity index (χ0) is 22.7. The molecule has 4 rings (SSSR count). The van der Waals surface area contributed by atoms with Crippen LogP contribution < -0.4 is 5.32 Å². The number of nitrogens with one attached hydrogen (secondary N) is 1. The largest absolute Gasteiger partial charge is 0.465 e. The van der Waals surface area contributed by atoms with Crippen LogP contribution in [0.1, 0.15) is 49.6 Å². The zero-order valence-corrected chi connectivity index (χ0v) is 19.7. The highest BCUT2D eigenvalue weighted by Gasteiger charge is 2.37. The third-order valence-electron chi connectivity index (χ3n) is 6.52. The van der Waals surface area contributed by atoms with Crippen molar-refractivity contribution in [3.63, 3.8) is 0 Å². The average molecular weight is 450 g/mol. The van der Waals surface area contributed by atoms with Crippen molar-refractivity contribution < 1.29 is 9.90 Å². The molecule has 1 fully saturated rings. The molecule has 3 aromatic rings. The van der Waals surface area contributed by atoms with E-state index in [2.05, 4.69) is 65.4 Å². The van der Waals surface area contributed by atoms with Crippen LogP contribution in [-0.2, 0) is 6.54 Å². The van der Waals surface area contributed by atoms with Gasteiger partial charge in [-0.1, -0.05) is 54.6 Å². The molecule has 1 aromatic heterocycles. The molecule has 2 N–H and O–H groups in total. The average Bonchev–Trinajstić information content (AvgIpc) is 3.21. The molecule has 0 spiro atoms. The molecule has 5 nitrogen and oxygen atoms in total. The van der Waals surface area contributed by atoms with Gasteiger partial charge in [0, 0.05) is 35.3 Å². The van der Waals surface area contributed by atoms with Crippen LogP contribution in [0.25, 0.3) is 10.6 Å². The summed E-state index contributed by atoms with van der Waals surface area (Å²) in [6, 6.07) is 19.1. The first kappa shape index (κ1) is 22.5. The van der Waals surface area contributed by atoms with Gasteiger partial charge in [-0.15, -0.1) is 11.3 Å². The van der Waals surface area contributed by atoms with E-state index in [1.807, 2.05) is 30.5 Å². The van der Waals surface area contributed by atoms with Gasteiger partial charge in [0.2, 0.25) is 0 Å². The Kier molecular flexibility index (Phi) is 6.92. The molecule has 0 aliphatic carbocycles. The van der Waals surface area contributed by atoms with Gasteiger partial charge in [0.25, 0.3) is 0 Å². The number of carbonyl (C=O) groups is 1. The monoisotopic (exact) mass is 449 g/mol. The Morgan fingerprint density at radius 2 is 1.78 bits per heavy atom. The number of rotatable bonds is 6. The summed E-state index contributed by atoms with van der Waals surface area (Å²) >= 11 is 1.61. The smallest absolute Gasteiger partial charge is 0.405 e. The van der Waals surface area contributed by atoms with Gasteiger partial charge in [-0.2, -0.15) is 0 Å². The third-order valence-corrected chi connectivity index (χ3v) is 7.52. The molecule has 0 saturated carbocycles. The highest BCUT2D eigenvalue weighted by molar-refractivity contribution is 7.13. The summed E-state index contributed by atoms with van der Waals surface area (Å²) in [7, 11) is 0. The maximum absolute atomic E-state index is 11.8. The quantitative estimate of drug-likeness (QED) is 0.476. The summed E-state index contributed by atoms with van der Waals surface area (Å²) < 4.78 is 0. The van der Waals surface area contributed by atoms with Crippen molar-refractivity contribution >= 4 is 17.4 Å². The predicted octanol–water partition coefficient (Wildman–Crippen LogP) is 6.12. The minimum Gasteiger partial charge on any atom is -0.465 e. The Morgan fingerprint density at radius 1 is 1.12 bits per heavy atom. The second kappa shape index (κ2) is 9.84. The van der Waals surface area contributed by atoms with Gasteiger partial charge < -0.3 is 10.4 Å². The molecule has 168 valence electrons. The van der Waals surface area contributed by atoms with E-state index in [1.165, 1.54) is 5.56 Å². The first-order valence-corrected chi connectivity index (χ1v) is 12.1. The summed E-state index contributed by atoms with van der Waals surface area (Å²) in [6.07, 6.45) is 0.896. The topological polar surface area (TPSA) is 65.5 Å². The van der Waals surface area contributed by atoms with E-state index in [0.29, 0.717) is 12.1 Å². The molecule has 1 aliphatic heterocycles. The van der Waals surface area contributed by atoms with Gasteiger partial charge in [-0.3, -0.25) is 4.90 Å². The molecule has 1 amide bonds. The van der Waals surface area contributed by atoms with Gasteiger partial charge in [0.05, 0.1) is 6.04 Å². The molecule has 1 aliphatic rings. The maximum Gasteiger partial charge on any atom is 0.405 e. The molecule has 1 saturated heterocycles. The number of amides is 1. The van der Waals surface area contributed by atoms with E-state index in [9.17, 15) is 9.90 Å². The van der Waals surface area contributed by atoms with Crippen molar-refractivity contribution in [3.8, 4) is 10.6 Å². The van der Waals surface area contributed by atoms with E-state index in [-0.39, 0.29) is 12.0 Å². The Hall–Kier alpha value is -2.70. The third kappa shape index (κ3) is 5.03. The Bertz CT molecular complexity index is 1040. The lowest BCUT2D eigenvalue weighted by Crippen LogP contribution is -2.49. The Morgan fingerprint density at radius 3 is 2.41 bits per heavy atom. The predicted molar refractivity (Wildman–Crippen MR) is 130 cm³/mol. The number of likely N-dealkylation sites (tertiary alicyclic amines) is 1. The van der Waals surface area contributed by atoms with Gasteiger partial charge in [0.1, 0.15) is 5.01 Å². The van der Waals surface area contributed by atoms with Crippen molar-refractivity contribution in [2.45, 2.75) is 58.3 Å². The van der Waals surface area contributed by atoms with Crippen LogP contribution in [0.15, 0.2) is 60.0 Å². The zero-order valence-electron chi connectivity index (χ0n) is 18.9. The van der Waals surface area contributed by atoms with Crippen molar-refractivity contribution in [1.82, 2.24) is 15.2 Å². The molecule has 32 heavy (non-hydrogen) atoms. The highest BCUT2D eigenvalue weighted by atomic mass is 32.1. The minimum atomic E-state index is -0.979. The number of hydrogen-bond donors (Lipinski definition) is 2. The first-order valence-electron chi connectivity index (χ1n) is 11.2. The molecular weight excluding hydrogens is 418 g/mol. The summed E-state index contributed by atoms with van der Waals surface area (Å²) in [5.41, 5.74) is 4.34. The molecule has 3 atom stereocenters. The number of thiazole rings is 1. The fourth-order valence-corrected chi connectivity index (χ4v) is 5.92. The SMILES string of the molecule is Cc1csc(-c2ccccc2C(NC(=O)O)C2C[C@@H](C)N(Cc3ccccc3)[C@H](C)C2)n1. The van der Waals surface area contributed by atoms with Gasteiger partial charge in [0.15, 0.2) is 0 Å². The lowest BCUT2D eigenvalue weighted by molar-refractivity contribution is 0.0492. The van der Waals surface area contributed by atoms with Crippen LogP contribution in [0.3, 0.4) is 0 Å². The number of benzene rings is 2. The summed E-state index contributed by atoms with van der Waals surface area (Å²) in [4.78, 5) is 19.0. The van der Waals surface area contributed by atoms with Crippen LogP contribution >= 0.6 is 11.3 Å². The van der Waals surface area contributed by atoms with E-state index in [0.717, 1.165) is 41.2 Å². The summed E-state index contributed by atoms with van der Waals surface area (Å²) in [5, 5.41) is 15.5. The lowest BCUT2D eigenvalue weighted by atomic mass is 9.78. The first-order chi connectivity index (χ1) is 15.4. The number of hydrogen-bond acceptors (Lipinski definition) is 4. The van der Waals surface area contributed by atoms with Crippen LogP contribution in [0.2, 0.25) is 0 Å². The second-order valence-electron chi connectivity index (χ2n) is 8.90. The molecule has 0 bridgehead atoms. The second-order valence-corrected chi connectivity index (χ2v) is 9.75. The number of aryl methyl sites for hydroxylation is 1. The van der Waals surface area contributed by atoms with E-state index in [4.69, 9.17) is 0 Å². The molecule has 2 aromatic carbocycles. The summed E-state index contributed by atoms with van der Waals surface area (Å²) in [6.45, 7) is 7.43. The summed E-state index contributed by atoms with van der Waals surface area (Å²) in [5.74, 6) is 0.213. The standard InChI is InChI=1S/C26H31N3O2S/c1-17-16-32-25(27-17)23-12-8-7-11-22(23)24(28-26(30)31)21-13-18(2)29(19(3)14-21)15-20-9-5-4-6-10-20/h4-12,16,18-19,21,24,28H,13-15H2,1-3H3,(H,30,31)/t18-,19-,24?/m1/s1. The van der Waals surface area contributed by atoms with Crippen LogP contribution in [0, 0.1) is 12.8 Å². The Balaban J connectivity index is 1.61. The lowest BCUT2D eigenvalue weighted by Gasteiger charge is -2.45. The fraction of sp³-hybridized carbons (Fsp3) is 0.385. The number of nitrogens with zero attached hydrogens (tertiary/aromatic N) is 2. The fourth-order valence-electron chi connectivity index (χ4n) is 5.08. The molecule has 2 heterocycles. The van der Waals surface area contributed by atoms with E-state index in [1.54, 1.807) is 11.3 Å². The van der Waals surface area contributed by atoms with Gasteiger partial charge in [-0.05, 0) is 50.7 Å². The normalized spacial score (nSPS) is 22.4. The highest BCUT2D eigenvalue weighted by Crippen LogP contribution is 2.40. The molecule has 0 radical (unpaired) electrons. The molecule has 1 unspecified atom stereocenters. The van der Waals surface area contributed by atoms with Gasteiger partial charge in [-0.25, -0.2) is 9.78 Å². The number of piperidine rings is 1. The molecule has 6 heteroatoms. The van der Waals surface area contributed by atoms with Gasteiger partial charge >= 0.3 is 6.09 Å². The minimum absolute atomic E-state index is 0.213. The van der Waals surface area contributed by atoms with E-state index >= 15 is 0 Å². The van der Waals surface area contributed by atoms with Crippen LogP contribution in [-0.4, -0.2) is 33.2 Å².